The molecule has 0 bridgehead atoms. The number of benzene rings is 4. The van der Waals surface area contributed by atoms with Crippen LogP contribution in [0.3, 0.4) is 0 Å². The van der Waals surface area contributed by atoms with Crippen molar-refractivity contribution in [2.24, 2.45) is 5.92 Å². The Balaban J connectivity index is 1.14. The van der Waals surface area contributed by atoms with Crippen molar-refractivity contribution in [3.63, 3.8) is 0 Å². The van der Waals surface area contributed by atoms with E-state index in [-0.39, 0.29) is 35.6 Å². The summed E-state index contributed by atoms with van der Waals surface area (Å²) in [4.78, 5) is 30.8. The van der Waals surface area contributed by atoms with Crippen molar-refractivity contribution in [3.8, 4) is 11.5 Å². The molecule has 3 fully saturated rings. The molecule has 1 amide bonds. The fourth-order valence-corrected chi connectivity index (χ4v) is 16.1. The van der Waals surface area contributed by atoms with Gasteiger partial charge in [0.05, 0.1) is 33.0 Å². The number of amides is 1. The number of rotatable bonds is 14. The van der Waals surface area contributed by atoms with Gasteiger partial charge in [0.25, 0.3) is 5.91 Å². The number of nitrogens with one attached hydrogen (secondary N) is 1. The maximum absolute atomic E-state index is 13.7. The van der Waals surface area contributed by atoms with Gasteiger partial charge in [-0.05, 0) is 110 Å². The van der Waals surface area contributed by atoms with Gasteiger partial charge in [-0.25, -0.2) is 4.79 Å². The Morgan fingerprint density at radius 1 is 0.934 bits per heavy atom. The zero-order chi connectivity index (χ0) is 42.8. The predicted molar refractivity (Wildman–Crippen MR) is 242 cm³/mol. The molecule has 14 heteroatoms. The van der Waals surface area contributed by atoms with Crippen LogP contribution in [0.15, 0.2) is 138 Å². The number of ether oxygens (including phenoxy) is 4. The minimum atomic E-state index is -2.92. The molecule has 1 N–H and O–H groups in total. The third-order valence-corrected chi connectivity index (χ3v) is 17.7. The SMILES string of the molecule is C=C(C)[C@@H]1CC[C@]2(C)S[P@](=S)(O[C@H]3C[C@H](n4ccc(NC(=O)c5ccccc5)nc4=O)O[C@@H]3COC(c3ccccc3)(c3ccc(OC)cc3)c3ccc(OC)cc3)O[C@H]2C1. The van der Waals surface area contributed by atoms with Crippen LogP contribution in [0.5, 0.6) is 11.5 Å². The maximum Gasteiger partial charge on any atom is 0.351 e. The maximum atomic E-state index is 13.7. The Bertz CT molecular complexity index is 2410. The summed E-state index contributed by atoms with van der Waals surface area (Å²) in [7, 11) is 3.27. The lowest BCUT2D eigenvalue weighted by molar-refractivity contribution is -0.0917. The number of nitrogens with zero attached hydrogens (tertiary/aromatic N) is 2. The van der Waals surface area contributed by atoms with Crippen molar-refractivity contribution >= 4 is 40.6 Å². The van der Waals surface area contributed by atoms with E-state index in [1.54, 1.807) is 62.1 Å². The minimum absolute atomic E-state index is 0.0416. The van der Waals surface area contributed by atoms with Crippen molar-refractivity contribution in [1.82, 2.24) is 9.55 Å². The molecule has 1 aliphatic carbocycles. The second-order valence-electron chi connectivity index (χ2n) is 15.9. The molecule has 318 valence electrons. The second-order valence-corrected chi connectivity index (χ2v) is 22.5. The first-order valence-corrected chi connectivity index (χ1v) is 24.4. The Labute approximate surface area is 365 Å². The molecule has 5 aromatic rings. The predicted octanol–water partition coefficient (Wildman–Crippen LogP) is 9.69. The number of carbonyl (C=O) groups excluding carboxylic acids is 1. The van der Waals surface area contributed by atoms with E-state index in [1.165, 1.54) is 4.57 Å². The lowest BCUT2D eigenvalue weighted by Crippen LogP contribution is -2.39. The fourth-order valence-electron chi connectivity index (χ4n) is 8.49. The van der Waals surface area contributed by atoms with E-state index < -0.39 is 35.4 Å². The summed E-state index contributed by atoms with van der Waals surface area (Å²) >= 11 is 7.97. The molecule has 0 unspecified atom stereocenters. The van der Waals surface area contributed by atoms with E-state index in [0.29, 0.717) is 23.0 Å². The van der Waals surface area contributed by atoms with E-state index in [1.807, 2.05) is 84.9 Å². The molecule has 0 spiro atoms. The average Bonchev–Trinajstić information content (AvgIpc) is 3.79. The molecule has 2 aliphatic heterocycles. The summed E-state index contributed by atoms with van der Waals surface area (Å²) in [5, 5.41) is 2.72. The van der Waals surface area contributed by atoms with Crippen molar-refractivity contribution < 1.29 is 32.8 Å². The molecule has 61 heavy (non-hydrogen) atoms. The highest BCUT2D eigenvalue weighted by Gasteiger charge is 2.55. The first-order chi connectivity index (χ1) is 29.4. The lowest BCUT2D eigenvalue weighted by Gasteiger charge is -2.37. The second kappa shape index (κ2) is 18.0. The molecule has 1 saturated carbocycles. The lowest BCUT2D eigenvalue weighted by atomic mass is 9.77. The average molecular weight is 880 g/mol. The van der Waals surface area contributed by atoms with Crippen LogP contribution in [0, 0.1) is 5.92 Å². The van der Waals surface area contributed by atoms with Crippen molar-refractivity contribution in [2.45, 2.75) is 74.4 Å². The molecule has 1 aromatic heterocycles. The summed E-state index contributed by atoms with van der Waals surface area (Å²) < 4.78 is 40.2. The van der Waals surface area contributed by atoms with Crippen LogP contribution in [0.4, 0.5) is 5.82 Å². The molecule has 11 nitrogen and oxygen atoms in total. The number of carbonyl (C=O) groups is 1. The third kappa shape index (κ3) is 9.02. The highest BCUT2D eigenvalue weighted by atomic mass is 32.9. The van der Waals surface area contributed by atoms with Gasteiger partial charge in [-0.15, -0.1) is 0 Å². The van der Waals surface area contributed by atoms with Crippen LogP contribution < -0.4 is 20.5 Å². The van der Waals surface area contributed by atoms with Crippen LogP contribution in [-0.2, 0) is 35.9 Å². The van der Waals surface area contributed by atoms with Crippen LogP contribution in [0.25, 0.3) is 0 Å². The number of allylic oxidation sites excluding steroid dienone is 1. The Hall–Kier alpha value is -4.59. The minimum Gasteiger partial charge on any atom is -0.497 e. The van der Waals surface area contributed by atoms with E-state index in [4.69, 9.17) is 39.8 Å². The zero-order valence-corrected chi connectivity index (χ0v) is 37.1. The number of aromatic nitrogens is 2. The first kappa shape index (κ1) is 43.1. The fraction of sp³-hybridized carbons (Fsp3) is 0.340. The summed E-state index contributed by atoms with van der Waals surface area (Å²) in [5.74, 6) is 1.53. The van der Waals surface area contributed by atoms with Crippen LogP contribution >= 0.6 is 17.1 Å². The highest BCUT2D eigenvalue weighted by molar-refractivity contribution is 8.68. The van der Waals surface area contributed by atoms with Gasteiger partial charge in [-0.3, -0.25) is 9.36 Å². The van der Waals surface area contributed by atoms with Crippen molar-refractivity contribution in [2.75, 3.05) is 26.1 Å². The Kier molecular flexibility index (Phi) is 12.7. The summed E-state index contributed by atoms with van der Waals surface area (Å²) in [6, 6.07) is 36.0. The molecular weight excluding hydrogens is 830 g/mol. The van der Waals surface area contributed by atoms with Gasteiger partial charge in [0.1, 0.15) is 35.2 Å². The molecular formula is C47H50N3O8PS2. The molecule has 7 atom stereocenters. The molecule has 2 saturated heterocycles. The topological polar surface area (TPSA) is 119 Å². The smallest absolute Gasteiger partial charge is 0.351 e. The van der Waals surface area contributed by atoms with Gasteiger partial charge < -0.3 is 33.3 Å². The molecule has 3 heterocycles. The normalized spacial score (nSPS) is 26.0. The van der Waals surface area contributed by atoms with Crippen LogP contribution in [0.2, 0.25) is 0 Å². The van der Waals surface area contributed by atoms with Crippen LogP contribution in [-0.4, -0.2) is 59.3 Å². The number of fused-ring (bicyclic) bond motifs is 1. The molecule has 0 radical (unpaired) electrons. The number of methoxy groups -OCH3 is 2. The highest BCUT2D eigenvalue weighted by Crippen LogP contribution is 2.76. The Morgan fingerprint density at radius 3 is 2.13 bits per heavy atom. The molecule has 3 aliphatic rings. The van der Waals surface area contributed by atoms with E-state index in [0.717, 1.165) is 41.5 Å². The summed E-state index contributed by atoms with van der Waals surface area (Å²) in [5.41, 5.74) is -0.444. The van der Waals surface area contributed by atoms with Crippen molar-refractivity contribution in [3.05, 3.63) is 166 Å². The van der Waals surface area contributed by atoms with Gasteiger partial charge in [0, 0.05) is 22.9 Å². The quantitative estimate of drug-likeness (QED) is 0.0653. The third-order valence-electron chi connectivity index (χ3n) is 11.9. The largest absolute Gasteiger partial charge is 0.497 e. The standard InChI is InChI=1S/C47H50N3O8PS2/c1-31(2)33-24-26-46(3)41(28-33)58-59(60,61-46)57-39-29-43(50-27-25-42(49-45(50)52)48-44(51)32-12-8-6-9-13-32)56-40(39)30-55-47(34-14-10-7-11-15-34,35-16-20-37(53-4)21-17-35)36-18-22-38(54-5)23-19-36/h6-23,25,27,33,39-41,43H,1,24,26,28-30H2,2-5H3,(H,48,49,51,52)/t33-,39+,40-,41+,43-,46+,59-/m1/s1. The van der Waals surface area contributed by atoms with E-state index in [9.17, 15) is 9.59 Å². The number of hydrogen-bond donors (Lipinski definition) is 1. The summed E-state index contributed by atoms with van der Waals surface area (Å²) in [6.45, 7) is 8.59. The molecule has 4 aromatic carbocycles. The number of hydrogen-bond acceptors (Lipinski definition) is 11. The molecule has 8 rings (SSSR count). The zero-order valence-electron chi connectivity index (χ0n) is 34.6. The Morgan fingerprint density at radius 2 is 1.54 bits per heavy atom. The van der Waals surface area contributed by atoms with Crippen LogP contribution in [0.1, 0.15) is 72.8 Å². The van der Waals surface area contributed by atoms with E-state index in [2.05, 4.69) is 30.7 Å². The van der Waals surface area contributed by atoms with Gasteiger partial charge in [-0.1, -0.05) is 96.3 Å². The van der Waals surface area contributed by atoms with Gasteiger partial charge in [0.2, 0.25) is 5.69 Å². The first-order valence-electron chi connectivity index (χ1n) is 20.3. The van der Waals surface area contributed by atoms with Gasteiger partial charge >= 0.3 is 5.69 Å². The number of anilines is 1. The van der Waals surface area contributed by atoms with Gasteiger partial charge in [0.15, 0.2) is 0 Å². The van der Waals surface area contributed by atoms with Gasteiger partial charge in [-0.2, -0.15) is 4.98 Å². The monoisotopic (exact) mass is 879 g/mol. The summed E-state index contributed by atoms with van der Waals surface area (Å²) in [6.07, 6.45) is 2.48. The van der Waals surface area contributed by atoms with E-state index >= 15 is 0 Å². The van der Waals surface area contributed by atoms with Crippen molar-refractivity contribution in [1.29, 1.82) is 0 Å².